The Bertz CT molecular complexity index is 1040. The minimum Gasteiger partial charge on any atom is -0.406 e. The van der Waals surface area contributed by atoms with Crippen LogP contribution in [0, 0.1) is 11.3 Å². The fraction of sp³-hybridized carbons (Fsp3) is 0.519. The minimum absolute atomic E-state index is 0.0197. The van der Waals surface area contributed by atoms with Crippen molar-refractivity contribution in [1.82, 2.24) is 5.32 Å². The number of carbonyl (C=O) groups excluding carboxylic acids is 1. The second kappa shape index (κ2) is 10.0. The van der Waals surface area contributed by atoms with Crippen LogP contribution in [0.25, 0.3) is 0 Å². The number of fused-ring (bicyclic) bond motifs is 1. The molecule has 0 radical (unpaired) electrons. The number of benzene rings is 2. The number of nitrogens with one attached hydrogen (secondary N) is 1. The lowest BCUT2D eigenvalue weighted by Gasteiger charge is -2.41. The molecule has 35 heavy (non-hydrogen) atoms. The van der Waals surface area contributed by atoms with Crippen LogP contribution in [-0.4, -0.2) is 18.4 Å². The lowest BCUT2D eigenvalue weighted by Crippen LogP contribution is -2.49. The molecule has 190 valence electrons. The Morgan fingerprint density at radius 2 is 1.66 bits per heavy atom. The number of alkyl halides is 3. The summed E-state index contributed by atoms with van der Waals surface area (Å²) in [6.07, 6.45) is 0.672. The van der Waals surface area contributed by atoms with Crippen molar-refractivity contribution in [3.05, 3.63) is 58.1 Å². The summed E-state index contributed by atoms with van der Waals surface area (Å²) < 4.78 is 42.9. The van der Waals surface area contributed by atoms with Gasteiger partial charge in [0.1, 0.15) is 5.75 Å². The van der Waals surface area contributed by atoms with Crippen LogP contribution < -0.4 is 15.0 Å². The van der Waals surface area contributed by atoms with Crippen LogP contribution in [0.5, 0.6) is 5.75 Å². The van der Waals surface area contributed by atoms with Crippen molar-refractivity contribution in [2.45, 2.75) is 77.7 Å². The van der Waals surface area contributed by atoms with Crippen molar-refractivity contribution >= 4 is 27.6 Å². The Morgan fingerprint density at radius 3 is 2.26 bits per heavy atom. The number of hydrogen-bond donors (Lipinski definition) is 1. The molecule has 0 aliphatic heterocycles. The zero-order chi connectivity index (χ0) is 25.4. The third kappa shape index (κ3) is 6.32. The van der Waals surface area contributed by atoms with Gasteiger partial charge in [-0.15, -0.1) is 13.2 Å². The van der Waals surface area contributed by atoms with Gasteiger partial charge in [0.05, 0.1) is 6.04 Å². The predicted octanol–water partition coefficient (Wildman–Crippen LogP) is 8.16. The van der Waals surface area contributed by atoms with Gasteiger partial charge in [0.25, 0.3) is 0 Å². The second-order valence-electron chi connectivity index (χ2n) is 10.7. The number of nitrogens with zero attached hydrogens (tertiary/aromatic N) is 1. The van der Waals surface area contributed by atoms with Gasteiger partial charge in [0, 0.05) is 16.2 Å². The minimum atomic E-state index is -4.76. The Labute approximate surface area is 213 Å². The van der Waals surface area contributed by atoms with Crippen LogP contribution in [0.1, 0.15) is 70.0 Å². The maximum Gasteiger partial charge on any atom is 0.573 e. The molecule has 1 unspecified atom stereocenters. The van der Waals surface area contributed by atoms with Gasteiger partial charge in [-0.2, -0.15) is 0 Å². The first-order valence-corrected chi connectivity index (χ1v) is 12.9. The molecule has 1 fully saturated rings. The SMILES string of the molecule is CC(C)(C)C1CCC(N(C(=O)NC2CCc3cc(Br)ccc32)c2ccc(OC(F)(F)F)cc2)CC1. The first-order chi connectivity index (χ1) is 16.4. The summed E-state index contributed by atoms with van der Waals surface area (Å²) in [6.45, 7) is 6.74. The van der Waals surface area contributed by atoms with E-state index < -0.39 is 6.36 Å². The van der Waals surface area contributed by atoms with Crippen LogP contribution >= 0.6 is 15.9 Å². The number of halogens is 4. The molecule has 2 aliphatic carbocycles. The van der Waals surface area contributed by atoms with E-state index >= 15 is 0 Å². The third-order valence-electron chi connectivity index (χ3n) is 7.33. The van der Waals surface area contributed by atoms with Crippen molar-refractivity contribution in [2.75, 3.05) is 4.90 Å². The average Bonchev–Trinajstić information content (AvgIpc) is 3.15. The van der Waals surface area contributed by atoms with Gasteiger partial charge in [-0.25, -0.2) is 4.79 Å². The van der Waals surface area contributed by atoms with Gasteiger partial charge < -0.3 is 10.1 Å². The molecule has 2 aliphatic rings. The molecule has 4 rings (SSSR count). The summed E-state index contributed by atoms with van der Waals surface area (Å²) in [5, 5.41) is 3.21. The number of amides is 2. The molecule has 4 nitrogen and oxygen atoms in total. The molecule has 8 heteroatoms. The summed E-state index contributed by atoms with van der Waals surface area (Å²) in [5.41, 5.74) is 3.11. The van der Waals surface area contributed by atoms with E-state index in [0.717, 1.165) is 48.6 Å². The van der Waals surface area contributed by atoms with E-state index in [2.05, 4.69) is 52.8 Å². The molecule has 0 aromatic heterocycles. The van der Waals surface area contributed by atoms with Crippen molar-refractivity contribution in [3.8, 4) is 5.75 Å². The summed E-state index contributed by atoms with van der Waals surface area (Å²) in [5.74, 6) is 0.278. The van der Waals surface area contributed by atoms with Crippen molar-refractivity contribution in [1.29, 1.82) is 0 Å². The van der Waals surface area contributed by atoms with E-state index in [9.17, 15) is 18.0 Å². The number of hydrogen-bond acceptors (Lipinski definition) is 2. The summed E-state index contributed by atoms with van der Waals surface area (Å²) in [7, 11) is 0. The summed E-state index contributed by atoms with van der Waals surface area (Å²) in [4.78, 5) is 15.4. The standard InChI is InChI=1S/C27H32BrF3N2O2/c1-26(2,3)18-5-8-20(9-6-18)33(21-10-12-22(13-11-21)35-27(29,30)31)25(34)32-24-15-4-17-16-19(28)7-14-23(17)24/h7,10-14,16,18,20,24H,4-6,8-9,15H2,1-3H3,(H,32,34). The van der Waals surface area contributed by atoms with E-state index in [4.69, 9.17) is 0 Å². The number of carbonyl (C=O) groups is 1. The van der Waals surface area contributed by atoms with Gasteiger partial charge >= 0.3 is 12.4 Å². The maximum atomic E-state index is 13.7. The first kappa shape index (κ1) is 25.9. The molecule has 1 N–H and O–H groups in total. The van der Waals surface area contributed by atoms with E-state index in [-0.39, 0.29) is 29.3 Å². The monoisotopic (exact) mass is 552 g/mol. The van der Waals surface area contributed by atoms with E-state index in [0.29, 0.717) is 11.6 Å². The van der Waals surface area contributed by atoms with Gasteiger partial charge in [0.15, 0.2) is 0 Å². The van der Waals surface area contributed by atoms with Crippen LogP contribution in [0.4, 0.5) is 23.7 Å². The average molecular weight is 553 g/mol. The fourth-order valence-corrected chi connectivity index (χ4v) is 5.87. The van der Waals surface area contributed by atoms with Crippen LogP contribution in [0.15, 0.2) is 46.9 Å². The molecule has 0 bridgehead atoms. The molecule has 0 heterocycles. The maximum absolute atomic E-state index is 13.7. The van der Waals surface area contributed by atoms with Crippen LogP contribution in [0.2, 0.25) is 0 Å². The quantitative estimate of drug-likeness (QED) is 0.415. The third-order valence-corrected chi connectivity index (χ3v) is 7.83. The molecule has 2 aromatic rings. The lowest BCUT2D eigenvalue weighted by atomic mass is 9.71. The second-order valence-corrected chi connectivity index (χ2v) is 11.6. The van der Waals surface area contributed by atoms with Crippen molar-refractivity contribution in [3.63, 3.8) is 0 Å². The Kier molecular flexibility index (Phi) is 7.41. The van der Waals surface area contributed by atoms with Gasteiger partial charge in [0.2, 0.25) is 0 Å². The largest absolute Gasteiger partial charge is 0.573 e. The highest BCUT2D eigenvalue weighted by Crippen LogP contribution is 2.41. The molecule has 2 aromatic carbocycles. The van der Waals surface area contributed by atoms with Crippen LogP contribution in [0.3, 0.4) is 0 Å². The number of aryl methyl sites for hydroxylation is 1. The number of rotatable bonds is 4. The van der Waals surface area contributed by atoms with Gasteiger partial charge in [-0.1, -0.05) is 42.8 Å². The molecule has 1 saturated carbocycles. The highest BCUT2D eigenvalue weighted by Gasteiger charge is 2.36. The smallest absolute Gasteiger partial charge is 0.406 e. The van der Waals surface area contributed by atoms with Crippen molar-refractivity contribution in [2.24, 2.45) is 11.3 Å². The van der Waals surface area contributed by atoms with E-state index in [1.54, 1.807) is 4.90 Å². The van der Waals surface area contributed by atoms with Crippen molar-refractivity contribution < 1.29 is 22.7 Å². The normalized spacial score (nSPS) is 22.4. The molecule has 1 atom stereocenters. The number of anilines is 1. The summed E-state index contributed by atoms with van der Waals surface area (Å²) in [6, 6.07) is 11.4. The molecular weight excluding hydrogens is 521 g/mol. The first-order valence-electron chi connectivity index (χ1n) is 12.1. The Hall–Kier alpha value is -2.22. The highest BCUT2D eigenvalue weighted by molar-refractivity contribution is 9.10. The number of urea groups is 1. The van der Waals surface area contributed by atoms with Crippen LogP contribution in [-0.2, 0) is 6.42 Å². The Balaban J connectivity index is 1.55. The van der Waals surface area contributed by atoms with E-state index in [1.807, 2.05) is 12.1 Å². The fourth-order valence-electron chi connectivity index (χ4n) is 5.46. The highest BCUT2D eigenvalue weighted by atomic mass is 79.9. The zero-order valence-corrected chi connectivity index (χ0v) is 21.9. The van der Waals surface area contributed by atoms with Gasteiger partial charge in [-0.05, 0) is 97.4 Å². The molecule has 2 amide bonds. The topological polar surface area (TPSA) is 41.6 Å². The van der Waals surface area contributed by atoms with E-state index in [1.165, 1.54) is 29.8 Å². The number of ether oxygens (including phenoxy) is 1. The molecule has 0 saturated heterocycles. The van der Waals surface area contributed by atoms with Gasteiger partial charge in [-0.3, -0.25) is 4.90 Å². The lowest BCUT2D eigenvalue weighted by molar-refractivity contribution is -0.274. The Morgan fingerprint density at radius 1 is 1.00 bits per heavy atom. The molecule has 0 spiro atoms. The summed E-state index contributed by atoms with van der Waals surface area (Å²) >= 11 is 3.51. The predicted molar refractivity (Wildman–Crippen MR) is 135 cm³/mol. The zero-order valence-electron chi connectivity index (χ0n) is 20.3. The molecular formula is C27H32BrF3N2O2.